The fourth-order valence-electron chi connectivity index (χ4n) is 5.77. The number of anilines is 2. The van der Waals surface area contributed by atoms with E-state index in [9.17, 15) is 0 Å². The summed E-state index contributed by atoms with van der Waals surface area (Å²) >= 11 is 1.85. The number of hydrogen-bond donors (Lipinski definition) is 0. The van der Waals surface area contributed by atoms with Crippen LogP contribution in [0.5, 0.6) is 0 Å². The van der Waals surface area contributed by atoms with E-state index in [1.807, 2.05) is 11.8 Å². The Labute approximate surface area is 215 Å². The zero-order valence-corrected chi connectivity index (χ0v) is 22.3. The molecule has 0 aliphatic carbocycles. The van der Waals surface area contributed by atoms with Crippen molar-refractivity contribution in [2.75, 3.05) is 4.90 Å². The minimum absolute atomic E-state index is 0.171. The maximum atomic E-state index is 2.42. The van der Waals surface area contributed by atoms with Gasteiger partial charge in [-0.15, -0.1) is 0 Å². The van der Waals surface area contributed by atoms with Crippen LogP contribution in [0.3, 0.4) is 0 Å². The van der Waals surface area contributed by atoms with Gasteiger partial charge in [-0.2, -0.15) is 0 Å². The first-order chi connectivity index (χ1) is 16.8. The number of hydrogen-bond acceptors (Lipinski definition) is 2. The van der Waals surface area contributed by atoms with Gasteiger partial charge in [0.15, 0.2) is 0 Å². The summed E-state index contributed by atoms with van der Waals surface area (Å²) in [5.41, 5.74) is 13.3. The molecule has 174 valence electrons. The quantitative estimate of drug-likeness (QED) is 0.282. The SMILES string of the molecule is Cc1cc(C)c(B(/C=C/N2c3ccccc3Sc3ccccc32)c2c(C)cc(C)cc2C)c(C)c1. The first-order valence-corrected chi connectivity index (χ1v) is 13.1. The van der Waals surface area contributed by atoms with Crippen molar-refractivity contribution in [1.29, 1.82) is 0 Å². The van der Waals surface area contributed by atoms with Crippen molar-refractivity contribution in [2.45, 2.75) is 51.3 Å². The lowest BCUT2D eigenvalue weighted by Gasteiger charge is -2.30. The van der Waals surface area contributed by atoms with Gasteiger partial charge < -0.3 is 4.90 Å². The minimum atomic E-state index is 0.171. The fourth-order valence-corrected chi connectivity index (χ4v) is 6.84. The second-order valence-electron chi connectivity index (χ2n) is 9.85. The molecule has 5 rings (SSSR count). The summed E-state index contributed by atoms with van der Waals surface area (Å²) in [6.07, 6.45) is 2.31. The number of nitrogens with zero attached hydrogens (tertiary/aromatic N) is 1. The van der Waals surface area contributed by atoms with E-state index in [0.29, 0.717) is 0 Å². The molecule has 0 saturated heterocycles. The molecule has 0 radical (unpaired) electrons. The smallest absolute Gasteiger partial charge is 0.236 e. The van der Waals surface area contributed by atoms with Crippen molar-refractivity contribution in [3.8, 4) is 0 Å². The zero-order valence-electron chi connectivity index (χ0n) is 21.5. The predicted octanol–water partition coefficient (Wildman–Crippen LogP) is 7.50. The highest BCUT2D eigenvalue weighted by atomic mass is 32.2. The van der Waals surface area contributed by atoms with Crippen LogP contribution in [0.15, 0.2) is 94.8 Å². The molecule has 0 aromatic heterocycles. The highest BCUT2D eigenvalue weighted by molar-refractivity contribution is 7.99. The molecule has 0 saturated carbocycles. The largest absolute Gasteiger partial charge is 0.316 e. The van der Waals surface area contributed by atoms with Gasteiger partial charge in [-0.3, -0.25) is 0 Å². The lowest BCUT2D eigenvalue weighted by molar-refractivity contribution is 1.16. The average Bonchev–Trinajstić information content (AvgIpc) is 2.80. The Morgan fingerprint density at radius 2 is 1.00 bits per heavy atom. The summed E-state index contributed by atoms with van der Waals surface area (Å²) in [6, 6.07) is 26.7. The Balaban J connectivity index is 1.70. The molecule has 1 aliphatic heterocycles. The van der Waals surface area contributed by atoms with Gasteiger partial charge in [0.05, 0.1) is 11.4 Å². The highest BCUT2D eigenvalue weighted by Gasteiger charge is 2.26. The van der Waals surface area contributed by atoms with Crippen LogP contribution in [-0.4, -0.2) is 6.71 Å². The maximum Gasteiger partial charge on any atom is 0.236 e. The van der Waals surface area contributed by atoms with E-state index in [-0.39, 0.29) is 6.71 Å². The molecule has 35 heavy (non-hydrogen) atoms. The minimum Gasteiger partial charge on any atom is -0.316 e. The highest BCUT2D eigenvalue weighted by Crippen LogP contribution is 2.47. The number of fused-ring (bicyclic) bond motifs is 2. The van der Waals surface area contributed by atoms with Gasteiger partial charge in [-0.05, 0) is 72.0 Å². The monoisotopic (exact) mass is 473 g/mol. The molecule has 4 aromatic rings. The van der Waals surface area contributed by atoms with Crippen molar-refractivity contribution in [3.05, 3.63) is 118 Å². The molecule has 1 nitrogen and oxygen atoms in total. The van der Waals surface area contributed by atoms with Crippen LogP contribution >= 0.6 is 11.8 Å². The molecule has 0 amide bonds. The van der Waals surface area contributed by atoms with Crippen LogP contribution in [0.25, 0.3) is 0 Å². The molecule has 0 bridgehead atoms. The van der Waals surface area contributed by atoms with Gasteiger partial charge in [0.25, 0.3) is 0 Å². The van der Waals surface area contributed by atoms with Gasteiger partial charge in [-0.1, -0.05) is 111 Å². The van der Waals surface area contributed by atoms with Crippen LogP contribution in [-0.2, 0) is 0 Å². The Bertz CT molecular complexity index is 1300. The summed E-state index contributed by atoms with van der Waals surface area (Å²) in [4.78, 5) is 4.95. The Kier molecular flexibility index (Phi) is 6.38. The van der Waals surface area contributed by atoms with Crippen LogP contribution in [0.4, 0.5) is 11.4 Å². The molecule has 0 N–H and O–H groups in total. The summed E-state index contributed by atoms with van der Waals surface area (Å²) in [6.45, 7) is 13.6. The van der Waals surface area contributed by atoms with Crippen molar-refractivity contribution >= 4 is 40.8 Å². The number of rotatable bonds is 4. The molecular weight excluding hydrogens is 441 g/mol. The normalized spacial score (nSPS) is 12.6. The third-order valence-electron chi connectivity index (χ3n) is 7.00. The molecule has 0 atom stereocenters. The molecule has 1 heterocycles. The molecule has 0 spiro atoms. The summed E-state index contributed by atoms with van der Waals surface area (Å²) in [5, 5.41) is 0. The third kappa shape index (κ3) is 4.46. The predicted molar refractivity (Wildman–Crippen MR) is 155 cm³/mol. The molecule has 3 heteroatoms. The second kappa shape index (κ2) is 9.47. The van der Waals surface area contributed by atoms with Crippen molar-refractivity contribution < 1.29 is 0 Å². The Hall–Kier alpha value is -3.17. The summed E-state index contributed by atoms with van der Waals surface area (Å²) in [5.74, 6) is 2.42. The molecule has 0 unspecified atom stereocenters. The van der Waals surface area contributed by atoms with Gasteiger partial charge >= 0.3 is 0 Å². The van der Waals surface area contributed by atoms with E-state index in [1.165, 1.54) is 65.5 Å². The topological polar surface area (TPSA) is 3.24 Å². The number of para-hydroxylation sites is 2. The van der Waals surface area contributed by atoms with E-state index in [0.717, 1.165) is 0 Å². The Morgan fingerprint density at radius 3 is 1.43 bits per heavy atom. The van der Waals surface area contributed by atoms with Gasteiger partial charge in [-0.25, -0.2) is 0 Å². The van der Waals surface area contributed by atoms with Crippen molar-refractivity contribution in [1.82, 2.24) is 0 Å². The standard InChI is InChI=1S/C32H32BNS/c1-21-17-23(3)31(24(4)18-21)33(32-25(5)19-22(2)20-26(32)6)15-16-34-27-11-7-9-13-29(27)35-30-14-10-8-12-28(30)34/h7-20H,1-6H3/b16-15+. The van der Waals surface area contributed by atoms with E-state index in [1.54, 1.807) is 0 Å². The van der Waals surface area contributed by atoms with E-state index < -0.39 is 0 Å². The lowest BCUT2D eigenvalue weighted by Crippen LogP contribution is -2.46. The van der Waals surface area contributed by atoms with E-state index in [4.69, 9.17) is 0 Å². The molecular formula is C32H32BNS. The first kappa shape index (κ1) is 23.6. The number of aryl methyl sites for hydroxylation is 6. The molecule has 1 aliphatic rings. The molecule has 4 aromatic carbocycles. The fraction of sp³-hybridized carbons (Fsp3) is 0.188. The zero-order chi connectivity index (χ0) is 24.7. The average molecular weight is 473 g/mol. The summed E-state index contributed by atoms with van der Waals surface area (Å²) < 4.78 is 0. The van der Waals surface area contributed by atoms with Crippen LogP contribution in [0.1, 0.15) is 33.4 Å². The van der Waals surface area contributed by atoms with Gasteiger partial charge in [0.1, 0.15) is 0 Å². The van der Waals surface area contributed by atoms with Crippen LogP contribution in [0, 0.1) is 41.5 Å². The third-order valence-corrected chi connectivity index (χ3v) is 8.13. The maximum absolute atomic E-state index is 2.42. The number of benzene rings is 4. The van der Waals surface area contributed by atoms with E-state index in [2.05, 4.69) is 131 Å². The first-order valence-electron chi connectivity index (χ1n) is 12.3. The lowest BCUT2D eigenvalue weighted by atomic mass is 9.37. The van der Waals surface area contributed by atoms with Gasteiger partial charge in [0.2, 0.25) is 6.71 Å². The van der Waals surface area contributed by atoms with E-state index >= 15 is 0 Å². The van der Waals surface area contributed by atoms with Gasteiger partial charge in [0, 0.05) is 9.79 Å². The Morgan fingerprint density at radius 1 is 0.600 bits per heavy atom. The second-order valence-corrected chi connectivity index (χ2v) is 10.9. The van der Waals surface area contributed by atoms with Crippen LogP contribution < -0.4 is 15.8 Å². The van der Waals surface area contributed by atoms with Crippen molar-refractivity contribution in [3.63, 3.8) is 0 Å². The molecule has 0 fully saturated rings. The van der Waals surface area contributed by atoms with Crippen LogP contribution in [0.2, 0.25) is 0 Å². The summed E-state index contributed by atoms with van der Waals surface area (Å²) in [7, 11) is 0. The van der Waals surface area contributed by atoms with Crippen molar-refractivity contribution in [2.24, 2.45) is 0 Å².